The fraction of sp³-hybridized carbons (Fsp3) is 0.929. The molecule has 1 atom stereocenters. The number of aliphatic hydroxyl groups excluding tert-OH is 1. The number of hydrogen-bond acceptors (Lipinski definition) is 3. The summed E-state index contributed by atoms with van der Waals surface area (Å²) in [7, 11) is 0. The molecular formula is C14H28N4O. The van der Waals surface area contributed by atoms with Crippen molar-refractivity contribution < 1.29 is 5.11 Å². The molecule has 19 heavy (non-hydrogen) atoms. The van der Waals surface area contributed by atoms with Crippen LogP contribution in [-0.4, -0.2) is 66.2 Å². The Morgan fingerprint density at radius 2 is 2.00 bits per heavy atom. The van der Waals surface area contributed by atoms with Crippen LogP contribution in [0, 0.1) is 5.92 Å². The second-order valence-electron chi connectivity index (χ2n) is 6.01. The Kier molecular flexibility index (Phi) is 5.45. The van der Waals surface area contributed by atoms with Crippen molar-refractivity contribution >= 4 is 5.96 Å². The van der Waals surface area contributed by atoms with Gasteiger partial charge in [0.25, 0.3) is 0 Å². The SMILES string of the molecule is CC1CCCN(C(N)=NCCN2CCC(O)CC2)C1. The summed E-state index contributed by atoms with van der Waals surface area (Å²) in [6.07, 6.45) is 4.21. The molecule has 110 valence electrons. The van der Waals surface area contributed by atoms with Crippen LogP contribution in [-0.2, 0) is 0 Å². The number of rotatable bonds is 3. The van der Waals surface area contributed by atoms with Gasteiger partial charge in [0.15, 0.2) is 5.96 Å². The summed E-state index contributed by atoms with van der Waals surface area (Å²) in [4.78, 5) is 9.09. The second kappa shape index (κ2) is 7.10. The smallest absolute Gasteiger partial charge is 0.191 e. The van der Waals surface area contributed by atoms with E-state index < -0.39 is 0 Å². The first-order chi connectivity index (χ1) is 9.15. The minimum Gasteiger partial charge on any atom is -0.393 e. The third-order valence-electron chi connectivity index (χ3n) is 4.23. The van der Waals surface area contributed by atoms with Gasteiger partial charge in [-0.3, -0.25) is 4.99 Å². The van der Waals surface area contributed by atoms with Gasteiger partial charge in [0, 0.05) is 32.7 Å². The molecule has 0 amide bonds. The van der Waals surface area contributed by atoms with Gasteiger partial charge in [-0.15, -0.1) is 0 Å². The van der Waals surface area contributed by atoms with Crippen LogP contribution in [0.25, 0.3) is 0 Å². The fourth-order valence-electron chi connectivity index (χ4n) is 2.95. The molecule has 1 unspecified atom stereocenters. The summed E-state index contributed by atoms with van der Waals surface area (Å²) in [6.45, 7) is 8.07. The summed E-state index contributed by atoms with van der Waals surface area (Å²) in [5.41, 5.74) is 6.07. The van der Waals surface area contributed by atoms with Gasteiger partial charge in [0.2, 0.25) is 0 Å². The van der Waals surface area contributed by atoms with Crippen LogP contribution in [0.5, 0.6) is 0 Å². The van der Waals surface area contributed by atoms with Crippen molar-refractivity contribution in [3.8, 4) is 0 Å². The quantitative estimate of drug-likeness (QED) is 0.577. The van der Waals surface area contributed by atoms with E-state index >= 15 is 0 Å². The van der Waals surface area contributed by atoms with Gasteiger partial charge in [0.1, 0.15) is 0 Å². The highest BCUT2D eigenvalue weighted by molar-refractivity contribution is 5.78. The van der Waals surface area contributed by atoms with Crippen LogP contribution in [0.2, 0.25) is 0 Å². The lowest BCUT2D eigenvalue weighted by Crippen LogP contribution is -2.44. The lowest BCUT2D eigenvalue weighted by molar-refractivity contribution is 0.0841. The van der Waals surface area contributed by atoms with E-state index in [1.54, 1.807) is 0 Å². The highest BCUT2D eigenvalue weighted by Gasteiger charge is 2.18. The molecule has 3 N–H and O–H groups in total. The second-order valence-corrected chi connectivity index (χ2v) is 6.01. The van der Waals surface area contributed by atoms with Crippen molar-refractivity contribution in [1.29, 1.82) is 0 Å². The van der Waals surface area contributed by atoms with Crippen molar-refractivity contribution in [1.82, 2.24) is 9.80 Å². The fourth-order valence-corrected chi connectivity index (χ4v) is 2.95. The Morgan fingerprint density at radius 1 is 1.26 bits per heavy atom. The number of likely N-dealkylation sites (tertiary alicyclic amines) is 2. The van der Waals surface area contributed by atoms with E-state index in [2.05, 4.69) is 21.7 Å². The molecular weight excluding hydrogens is 240 g/mol. The summed E-state index contributed by atoms with van der Waals surface area (Å²) < 4.78 is 0. The first-order valence-corrected chi connectivity index (χ1v) is 7.60. The topological polar surface area (TPSA) is 65.1 Å². The molecule has 0 bridgehead atoms. The zero-order valence-corrected chi connectivity index (χ0v) is 12.1. The van der Waals surface area contributed by atoms with Crippen molar-refractivity contribution in [3.63, 3.8) is 0 Å². The maximum atomic E-state index is 9.45. The molecule has 5 heteroatoms. The van der Waals surface area contributed by atoms with Crippen LogP contribution in [0.3, 0.4) is 0 Å². The lowest BCUT2D eigenvalue weighted by Gasteiger charge is -2.32. The van der Waals surface area contributed by atoms with Crippen LogP contribution >= 0.6 is 0 Å². The zero-order chi connectivity index (χ0) is 13.7. The van der Waals surface area contributed by atoms with Crippen LogP contribution < -0.4 is 5.73 Å². The van der Waals surface area contributed by atoms with E-state index in [1.165, 1.54) is 12.8 Å². The average molecular weight is 268 g/mol. The molecule has 0 radical (unpaired) electrons. The Hall–Kier alpha value is -0.810. The molecule has 2 aliphatic heterocycles. The molecule has 0 aliphatic carbocycles. The largest absolute Gasteiger partial charge is 0.393 e. The standard InChI is InChI=1S/C14H28N4O/c1-12-3-2-7-18(11-12)14(15)16-6-10-17-8-4-13(19)5-9-17/h12-13,19H,2-11H2,1H3,(H2,15,16). The first kappa shape index (κ1) is 14.6. The van der Waals surface area contributed by atoms with Gasteiger partial charge in [0.05, 0.1) is 12.6 Å². The number of piperidine rings is 2. The van der Waals surface area contributed by atoms with E-state index in [4.69, 9.17) is 5.73 Å². The molecule has 2 aliphatic rings. The monoisotopic (exact) mass is 268 g/mol. The van der Waals surface area contributed by atoms with Crippen LogP contribution in [0.4, 0.5) is 0 Å². The van der Waals surface area contributed by atoms with Gasteiger partial charge in [-0.1, -0.05) is 6.92 Å². The Morgan fingerprint density at radius 3 is 2.68 bits per heavy atom. The van der Waals surface area contributed by atoms with E-state index in [9.17, 15) is 5.11 Å². The molecule has 0 saturated carbocycles. The van der Waals surface area contributed by atoms with Gasteiger partial charge >= 0.3 is 0 Å². The zero-order valence-electron chi connectivity index (χ0n) is 12.1. The number of guanidine groups is 1. The minimum absolute atomic E-state index is 0.0975. The van der Waals surface area contributed by atoms with E-state index in [0.717, 1.165) is 58.0 Å². The van der Waals surface area contributed by atoms with E-state index in [0.29, 0.717) is 5.96 Å². The lowest BCUT2D eigenvalue weighted by atomic mass is 10.0. The number of nitrogens with zero attached hydrogens (tertiary/aromatic N) is 3. The molecule has 2 rings (SSSR count). The molecule has 5 nitrogen and oxygen atoms in total. The number of aliphatic imine (C=N–C) groups is 1. The third kappa shape index (κ3) is 4.66. The predicted molar refractivity (Wildman–Crippen MR) is 78.1 cm³/mol. The molecule has 2 heterocycles. The average Bonchev–Trinajstić information content (AvgIpc) is 2.41. The first-order valence-electron chi connectivity index (χ1n) is 7.60. The van der Waals surface area contributed by atoms with Gasteiger partial charge in [-0.25, -0.2) is 0 Å². The summed E-state index contributed by atoms with van der Waals surface area (Å²) >= 11 is 0. The van der Waals surface area contributed by atoms with Crippen molar-refractivity contribution in [2.45, 2.75) is 38.7 Å². The number of nitrogens with two attached hydrogens (primary N) is 1. The molecule has 0 aromatic heterocycles. The summed E-state index contributed by atoms with van der Waals surface area (Å²) in [5.74, 6) is 1.44. The van der Waals surface area contributed by atoms with Gasteiger partial charge in [-0.05, 0) is 31.6 Å². The number of aliphatic hydroxyl groups is 1. The maximum absolute atomic E-state index is 9.45. The normalized spacial score (nSPS) is 27.8. The molecule has 0 aromatic carbocycles. The van der Waals surface area contributed by atoms with E-state index in [-0.39, 0.29) is 6.10 Å². The molecule has 2 saturated heterocycles. The van der Waals surface area contributed by atoms with Crippen LogP contribution in [0.15, 0.2) is 4.99 Å². The molecule has 0 aromatic rings. The minimum atomic E-state index is -0.0975. The predicted octanol–water partition coefficient (Wildman–Crippen LogP) is 0.490. The summed E-state index contributed by atoms with van der Waals surface area (Å²) in [5, 5.41) is 9.45. The van der Waals surface area contributed by atoms with Crippen molar-refractivity contribution in [3.05, 3.63) is 0 Å². The van der Waals surface area contributed by atoms with Crippen molar-refractivity contribution in [2.75, 3.05) is 39.3 Å². The highest BCUT2D eigenvalue weighted by Crippen LogP contribution is 2.15. The maximum Gasteiger partial charge on any atom is 0.191 e. The van der Waals surface area contributed by atoms with Gasteiger partial charge in [-0.2, -0.15) is 0 Å². The molecule has 0 spiro atoms. The Balaban J connectivity index is 1.69. The van der Waals surface area contributed by atoms with E-state index in [1.807, 2.05) is 0 Å². The number of hydrogen-bond donors (Lipinski definition) is 2. The third-order valence-corrected chi connectivity index (χ3v) is 4.23. The van der Waals surface area contributed by atoms with Crippen molar-refractivity contribution in [2.24, 2.45) is 16.6 Å². The van der Waals surface area contributed by atoms with Gasteiger partial charge < -0.3 is 20.6 Å². The Bertz CT molecular complexity index is 300. The van der Waals surface area contributed by atoms with Crippen LogP contribution in [0.1, 0.15) is 32.6 Å². The molecule has 2 fully saturated rings. The Labute approximate surface area is 116 Å². The highest BCUT2D eigenvalue weighted by atomic mass is 16.3. The summed E-state index contributed by atoms with van der Waals surface area (Å²) in [6, 6.07) is 0.